The van der Waals surface area contributed by atoms with E-state index >= 15 is 0 Å². The van der Waals surface area contributed by atoms with Crippen molar-refractivity contribution in [1.82, 2.24) is 40.1 Å². The average Bonchev–Trinajstić information content (AvgIpc) is 4.36. The lowest BCUT2D eigenvalue weighted by Gasteiger charge is -2.18. The number of amides is 2. The molecule has 0 aliphatic carbocycles. The van der Waals surface area contributed by atoms with Crippen molar-refractivity contribution in [3.63, 3.8) is 0 Å². The lowest BCUT2D eigenvalue weighted by molar-refractivity contribution is -0.121. The summed E-state index contributed by atoms with van der Waals surface area (Å²) in [6.45, 7) is 11.2. The second-order valence-corrected chi connectivity index (χ2v) is 22.0. The van der Waals surface area contributed by atoms with Gasteiger partial charge in [-0.25, -0.2) is 9.97 Å². The van der Waals surface area contributed by atoms with E-state index in [1.807, 2.05) is 141 Å². The number of H-pyrrole nitrogens is 1. The molecule has 3 N–H and O–H groups in total. The van der Waals surface area contributed by atoms with Crippen LogP contribution in [-0.2, 0) is 22.4 Å². The minimum atomic E-state index is -0.641. The molecule has 11 aromatic rings. The summed E-state index contributed by atoms with van der Waals surface area (Å²) < 4.78 is 14.2. The normalized spacial score (nSPS) is 11.6. The molecule has 17 heteroatoms. The van der Waals surface area contributed by atoms with Crippen LogP contribution in [0.3, 0.4) is 0 Å². The van der Waals surface area contributed by atoms with E-state index in [1.54, 1.807) is 75.3 Å². The van der Waals surface area contributed by atoms with Crippen LogP contribution in [0.15, 0.2) is 199 Å². The van der Waals surface area contributed by atoms with Crippen molar-refractivity contribution < 1.29 is 28.7 Å². The second kappa shape index (κ2) is 30.2. The van der Waals surface area contributed by atoms with Crippen LogP contribution in [0.5, 0.6) is 11.5 Å². The molecule has 0 bridgehead atoms. The molecule has 11 rings (SSSR count). The molecule has 2 amide bonds. The lowest BCUT2D eigenvalue weighted by Crippen LogP contribution is -2.42. The van der Waals surface area contributed by atoms with E-state index in [4.69, 9.17) is 32.7 Å². The van der Waals surface area contributed by atoms with Gasteiger partial charge in [0.05, 0.1) is 73.8 Å². The Balaban J connectivity index is 0.000000164. The zero-order valence-electron chi connectivity index (χ0n) is 47.9. The van der Waals surface area contributed by atoms with Crippen molar-refractivity contribution in [2.75, 3.05) is 0 Å². The molecule has 0 fully saturated rings. The molecule has 7 aromatic carbocycles. The van der Waals surface area contributed by atoms with E-state index in [-0.39, 0.29) is 35.6 Å². The maximum Gasteiger partial charge on any atom is 0.251 e. The van der Waals surface area contributed by atoms with Gasteiger partial charge in [-0.3, -0.25) is 33.7 Å². The molecule has 0 saturated heterocycles. The molecule has 0 aliphatic rings. The van der Waals surface area contributed by atoms with Gasteiger partial charge in [0.15, 0.2) is 11.6 Å². The SMILES string of the molecule is CCC(=O)C(Cc1ccc(-n2cnc3ccccc32)cc1)NC(=O)c1ccc(OC(C)C)c(Cl)c1.CCC(=O)C(Cc1ccc(Br)cc1)NC(=O)c1ccc(OC(C)C)c(Cl)c1.c1ccc2[nH]cnc2c1.c1cnc2c(c1)ccc1cccnc12. The van der Waals surface area contributed by atoms with E-state index in [0.717, 1.165) is 65.2 Å². The minimum absolute atomic E-state index is 0.0142. The molecule has 2 unspecified atom stereocenters. The number of nitrogens with zero attached hydrogens (tertiary/aromatic N) is 5. The van der Waals surface area contributed by atoms with Gasteiger partial charge in [-0.2, -0.15) is 0 Å². The number of carbonyl (C=O) groups is 4. The minimum Gasteiger partial charge on any atom is -0.489 e. The molecular formula is C68H65BrCl2N8O6. The molecule has 0 saturated carbocycles. The number of ketones is 2. The van der Waals surface area contributed by atoms with E-state index < -0.39 is 12.1 Å². The van der Waals surface area contributed by atoms with Crippen molar-refractivity contribution in [3.05, 3.63) is 232 Å². The van der Waals surface area contributed by atoms with Crippen LogP contribution in [-0.4, -0.2) is 77.2 Å². The predicted octanol–water partition coefficient (Wildman–Crippen LogP) is 15.3. The quantitative estimate of drug-likeness (QED) is 0.0742. The highest BCUT2D eigenvalue weighted by Gasteiger charge is 2.23. The van der Waals surface area contributed by atoms with Crippen molar-refractivity contribution >= 4 is 106 Å². The van der Waals surface area contributed by atoms with E-state index in [9.17, 15) is 19.2 Å². The van der Waals surface area contributed by atoms with Crippen molar-refractivity contribution in [3.8, 4) is 17.2 Å². The maximum absolute atomic E-state index is 12.9. The average molecular weight is 1240 g/mol. The third kappa shape index (κ3) is 17.2. The number of nitrogens with one attached hydrogen (secondary N) is 3. The molecule has 0 radical (unpaired) electrons. The first kappa shape index (κ1) is 62.3. The van der Waals surface area contributed by atoms with Crippen molar-refractivity contribution in [1.29, 1.82) is 0 Å². The van der Waals surface area contributed by atoms with Gasteiger partial charge in [-0.05, 0) is 149 Å². The van der Waals surface area contributed by atoms with Gasteiger partial charge in [0.25, 0.3) is 11.8 Å². The first-order valence-corrected chi connectivity index (χ1v) is 29.4. The molecule has 2 atom stereocenters. The molecule has 85 heavy (non-hydrogen) atoms. The Morgan fingerprint density at radius 1 is 0.553 bits per heavy atom. The zero-order chi connectivity index (χ0) is 60.4. The van der Waals surface area contributed by atoms with Crippen LogP contribution in [0.1, 0.15) is 86.2 Å². The standard InChI is InChI=1S/C28H28ClN3O3.C21H23BrClNO3.C12H8N2.C7H6N2/c1-4-26(33)24(31-28(34)20-11-14-27(22(29)16-20)35-18(2)3)15-19-9-12-21(13-10-19)32-17-30-23-7-5-6-8-25(23)32;1-4-19(25)18(11-14-5-8-16(22)9-6-14)24-21(26)15-7-10-20(17(23)12-15)27-13(2)3;1-3-9-5-6-10-4-2-8-14-12(10)11(9)13-7-1;1-2-4-7-6(3-1)8-5-9-7/h5-14,16-18,24H,4,15H2,1-3H3,(H,31,34);5-10,12-13,18H,4,11H2,1-3H3,(H,24,26);1-8H;1-5H,(H,8,9). The number of para-hydroxylation sites is 4. The van der Waals surface area contributed by atoms with Crippen LogP contribution in [0, 0.1) is 0 Å². The Labute approximate surface area is 512 Å². The summed E-state index contributed by atoms with van der Waals surface area (Å²) in [5.41, 5.74) is 9.69. The highest BCUT2D eigenvalue weighted by molar-refractivity contribution is 9.10. The highest BCUT2D eigenvalue weighted by atomic mass is 79.9. The number of benzene rings is 7. The summed E-state index contributed by atoms with van der Waals surface area (Å²) in [7, 11) is 0. The first-order valence-electron chi connectivity index (χ1n) is 27.9. The number of pyridine rings is 2. The van der Waals surface area contributed by atoms with Gasteiger partial charge in [-0.1, -0.05) is 126 Å². The summed E-state index contributed by atoms with van der Waals surface area (Å²) in [6, 6.07) is 52.2. The Morgan fingerprint density at radius 3 is 1.52 bits per heavy atom. The van der Waals surface area contributed by atoms with Gasteiger partial charge >= 0.3 is 0 Å². The zero-order valence-corrected chi connectivity index (χ0v) is 51.0. The van der Waals surface area contributed by atoms with Crippen LogP contribution < -0.4 is 20.1 Å². The Bertz CT molecular complexity index is 3970. The van der Waals surface area contributed by atoms with E-state index in [0.29, 0.717) is 58.4 Å². The number of halogens is 3. The van der Waals surface area contributed by atoms with Crippen LogP contribution in [0.4, 0.5) is 0 Å². The summed E-state index contributed by atoms with van der Waals surface area (Å²) in [5, 5.41) is 8.71. The monoisotopic (exact) mass is 1240 g/mol. The molecule has 4 heterocycles. The second-order valence-electron chi connectivity index (χ2n) is 20.3. The number of fused-ring (bicyclic) bond motifs is 5. The molecule has 14 nitrogen and oxygen atoms in total. The fourth-order valence-corrected chi connectivity index (χ4v) is 9.77. The number of aromatic nitrogens is 6. The van der Waals surface area contributed by atoms with Gasteiger partial charge in [0.2, 0.25) is 0 Å². The molecule has 0 spiro atoms. The number of carbonyl (C=O) groups excluding carboxylic acids is 4. The van der Waals surface area contributed by atoms with Crippen LogP contribution >= 0.6 is 39.1 Å². The Kier molecular flexibility index (Phi) is 22.1. The number of hydrogen-bond donors (Lipinski definition) is 3. The van der Waals surface area contributed by atoms with Crippen LogP contribution in [0.2, 0.25) is 10.0 Å². The smallest absolute Gasteiger partial charge is 0.251 e. The number of Topliss-reactive ketones (excluding diaryl/α,β-unsaturated/α-hetero) is 2. The third-order valence-corrected chi connectivity index (χ3v) is 14.5. The van der Waals surface area contributed by atoms with E-state index in [1.165, 1.54) is 0 Å². The fourth-order valence-electron chi connectivity index (χ4n) is 9.06. The molecular weight excluding hydrogens is 1180 g/mol. The van der Waals surface area contributed by atoms with Gasteiger partial charge in [0.1, 0.15) is 17.8 Å². The van der Waals surface area contributed by atoms with Gasteiger partial charge in [0, 0.05) is 57.3 Å². The number of hydrogen-bond acceptors (Lipinski definition) is 10. The van der Waals surface area contributed by atoms with Gasteiger partial charge in [-0.15, -0.1) is 0 Å². The van der Waals surface area contributed by atoms with Gasteiger partial charge < -0.3 is 25.1 Å². The lowest BCUT2D eigenvalue weighted by atomic mass is 10.00. The number of ether oxygens (including phenoxy) is 2. The molecule has 434 valence electrons. The Morgan fingerprint density at radius 2 is 1.04 bits per heavy atom. The highest BCUT2D eigenvalue weighted by Crippen LogP contribution is 2.29. The van der Waals surface area contributed by atoms with E-state index in [2.05, 4.69) is 75.7 Å². The van der Waals surface area contributed by atoms with Crippen molar-refractivity contribution in [2.45, 2.75) is 91.5 Å². The predicted molar refractivity (Wildman–Crippen MR) is 343 cm³/mol. The number of imidazole rings is 2. The number of rotatable bonds is 17. The third-order valence-electron chi connectivity index (χ3n) is 13.3. The summed E-state index contributed by atoms with van der Waals surface area (Å²) in [6.07, 6.45) is 8.57. The van der Waals surface area contributed by atoms with Crippen LogP contribution in [0.25, 0.3) is 49.6 Å². The first-order chi connectivity index (χ1) is 41.1. The number of aromatic amines is 1. The topological polar surface area (TPSA) is 183 Å². The molecule has 0 aliphatic heterocycles. The summed E-state index contributed by atoms with van der Waals surface area (Å²) in [4.78, 5) is 70.7. The molecule has 4 aromatic heterocycles. The largest absolute Gasteiger partial charge is 0.489 e. The summed E-state index contributed by atoms with van der Waals surface area (Å²) >= 11 is 15.9. The fraction of sp³-hybridized carbons (Fsp3) is 0.206. The maximum atomic E-state index is 12.9. The van der Waals surface area contributed by atoms with Crippen molar-refractivity contribution in [2.24, 2.45) is 0 Å². The summed E-state index contributed by atoms with van der Waals surface area (Å²) in [5.74, 6) is 0.309. The Hall–Kier alpha value is -8.76.